The van der Waals surface area contributed by atoms with E-state index in [0.717, 1.165) is 24.0 Å². The Morgan fingerprint density at radius 3 is 2.86 bits per heavy atom. The smallest absolute Gasteiger partial charge is 0.291 e. The third kappa shape index (κ3) is 3.97. The predicted molar refractivity (Wildman–Crippen MR) is 113 cm³/mol. The molecule has 0 saturated carbocycles. The normalized spacial score (nSPS) is 11.9. The number of hydrogen-bond donors (Lipinski definition) is 0. The zero-order valence-corrected chi connectivity index (χ0v) is 17.0. The van der Waals surface area contributed by atoms with E-state index in [2.05, 4.69) is 22.0 Å². The van der Waals surface area contributed by atoms with E-state index in [-0.39, 0.29) is 5.56 Å². The lowest BCUT2D eigenvalue weighted by Crippen LogP contribution is -2.23. The summed E-state index contributed by atoms with van der Waals surface area (Å²) < 4.78 is 13.1. The van der Waals surface area contributed by atoms with Crippen molar-refractivity contribution < 1.29 is 9.47 Å². The summed E-state index contributed by atoms with van der Waals surface area (Å²) in [5.41, 5.74) is 1.42. The van der Waals surface area contributed by atoms with E-state index in [0.29, 0.717) is 33.4 Å². The molecule has 4 rings (SSSR count). The molecule has 1 aromatic carbocycles. The average molecular weight is 408 g/mol. The van der Waals surface area contributed by atoms with Crippen LogP contribution in [0.5, 0.6) is 11.5 Å². The molecule has 29 heavy (non-hydrogen) atoms. The molecule has 0 aliphatic rings. The lowest BCUT2D eigenvalue weighted by molar-refractivity contribution is 0.288. The molecule has 148 valence electrons. The van der Waals surface area contributed by atoms with Crippen LogP contribution in [0.15, 0.2) is 47.5 Å². The molecule has 0 saturated heterocycles. The van der Waals surface area contributed by atoms with E-state index in [1.807, 2.05) is 36.4 Å². The van der Waals surface area contributed by atoms with E-state index < -0.39 is 0 Å². The van der Waals surface area contributed by atoms with Gasteiger partial charge in [0.15, 0.2) is 17.3 Å². The minimum absolute atomic E-state index is 0.199. The van der Waals surface area contributed by atoms with Crippen LogP contribution in [0.4, 0.5) is 0 Å². The highest BCUT2D eigenvalue weighted by molar-refractivity contribution is 7.15. The van der Waals surface area contributed by atoms with Gasteiger partial charge >= 0.3 is 0 Å². The maximum Gasteiger partial charge on any atom is 0.291 e. The standard InChI is InChI=1S/C21H20N4O3S/c1-3-4-10-28-16-8-7-14(11-17(16)27-2)12-18-20(26)25-21(29-18)23-19(24-25)15-6-5-9-22-13-15/h5-9,11-13H,3-4,10H2,1-2H3. The van der Waals surface area contributed by atoms with E-state index >= 15 is 0 Å². The number of fused-ring (bicyclic) bond motifs is 1. The van der Waals surface area contributed by atoms with E-state index in [4.69, 9.17) is 9.47 Å². The number of nitrogens with zero attached hydrogens (tertiary/aromatic N) is 4. The first-order chi connectivity index (χ1) is 14.2. The molecule has 0 fully saturated rings. The molecule has 0 amide bonds. The SMILES string of the molecule is CCCCOc1ccc(C=c2sc3nc(-c4cccnc4)nn3c2=O)cc1OC. The Labute approximate surface area is 171 Å². The van der Waals surface area contributed by atoms with Crippen molar-refractivity contribution in [1.29, 1.82) is 0 Å². The summed E-state index contributed by atoms with van der Waals surface area (Å²) in [5.74, 6) is 1.83. The van der Waals surface area contributed by atoms with Gasteiger partial charge in [0.05, 0.1) is 18.2 Å². The monoisotopic (exact) mass is 408 g/mol. The van der Waals surface area contributed by atoms with Crippen LogP contribution in [-0.4, -0.2) is 33.3 Å². The van der Waals surface area contributed by atoms with Gasteiger partial charge in [0.2, 0.25) is 4.96 Å². The lowest BCUT2D eigenvalue weighted by atomic mass is 10.2. The number of pyridine rings is 1. The van der Waals surface area contributed by atoms with Crippen molar-refractivity contribution in [3.8, 4) is 22.9 Å². The topological polar surface area (TPSA) is 78.6 Å². The second kappa shape index (κ2) is 8.40. The number of methoxy groups -OCH3 is 1. The van der Waals surface area contributed by atoms with Crippen molar-refractivity contribution >= 4 is 22.4 Å². The summed E-state index contributed by atoms with van der Waals surface area (Å²) in [6, 6.07) is 9.30. The molecule has 0 N–H and O–H groups in total. The number of unbranched alkanes of at least 4 members (excludes halogenated alkanes) is 1. The highest BCUT2D eigenvalue weighted by Crippen LogP contribution is 2.28. The van der Waals surface area contributed by atoms with Crippen LogP contribution in [0, 0.1) is 0 Å². The summed E-state index contributed by atoms with van der Waals surface area (Å²) in [5, 5.41) is 4.33. The van der Waals surface area contributed by atoms with Crippen molar-refractivity contribution in [3.63, 3.8) is 0 Å². The number of hydrogen-bond acceptors (Lipinski definition) is 7. The Morgan fingerprint density at radius 1 is 1.24 bits per heavy atom. The number of aromatic nitrogens is 4. The van der Waals surface area contributed by atoms with Crippen molar-refractivity contribution in [1.82, 2.24) is 19.6 Å². The molecule has 8 heteroatoms. The highest BCUT2D eigenvalue weighted by atomic mass is 32.1. The zero-order chi connectivity index (χ0) is 20.2. The van der Waals surface area contributed by atoms with Crippen LogP contribution >= 0.6 is 11.3 Å². The Kier molecular flexibility index (Phi) is 5.53. The molecule has 0 aliphatic carbocycles. The fourth-order valence-electron chi connectivity index (χ4n) is 2.82. The Bertz CT molecular complexity index is 1230. The van der Waals surface area contributed by atoms with Gasteiger partial charge < -0.3 is 9.47 Å². The predicted octanol–water partition coefficient (Wildman–Crippen LogP) is 2.95. The number of thiazole rings is 1. The summed E-state index contributed by atoms with van der Waals surface area (Å²) in [6.45, 7) is 2.76. The molecule has 7 nitrogen and oxygen atoms in total. The highest BCUT2D eigenvalue weighted by Gasteiger charge is 2.12. The van der Waals surface area contributed by atoms with E-state index in [9.17, 15) is 4.79 Å². The molecule has 4 aromatic rings. The molecular weight excluding hydrogens is 388 g/mol. The first-order valence-electron chi connectivity index (χ1n) is 9.32. The van der Waals surface area contributed by atoms with Crippen LogP contribution in [0.1, 0.15) is 25.3 Å². The number of rotatable bonds is 7. The quantitative estimate of drug-likeness (QED) is 0.438. The van der Waals surface area contributed by atoms with Crippen LogP contribution in [-0.2, 0) is 0 Å². The van der Waals surface area contributed by atoms with Gasteiger partial charge in [0.1, 0.15) is 0 Å². The van der Waals surface area contributed by atoms with Crippen LogP contribution in [0.3, 0.4) is 0 Å². The van der Waals surface area contributed by atoms with Gasteiger partial charge in [-0.3, -0.25) is 9.78 Å². The third-order valence-corrected chi connectivity index (χ3v) is 5.30. The maximum atomic E-state index is 12.7. The second-order valence-corrected chi connectivity index (χ2v) is 7.41. The van der Waals surface area contributed by atoms with Crippen molar-refractivity contribution in [2.75, 3.05) is 13.7 Å². The summed E-state index contributed by atoms with van der Waals surface area (Å²) in [6.07, 6.45) is 7.22. The second-order valence-electron chi connectivity index (χ2n) is 6.40. The third-order valence-electron chi connectivity index (χ3n) is 4.34. The Balaban J connectivity index is 1.66. The zero-order valence-electron chi connectivity index (χ0n) is 16.2. The molecule has 3 heterocycles. The minimum Gasteiger partial charge on any atom is -0.493 e. The van der Waals surface area contributed by atoms with Gasteiger partial charge in [-0.1, -0.05) is 30.7 Å². The lowest BCUT2D eigenvalue weighted by Gasteiger charge is -2.10. The van der Waals surface area contributed by atoms with Gasteiger partial charge in [-0.05, 0) is 42.3 Å². The molecule has 0 radical (unpaired) electrons. The van der Waals surface area contributed by atoms with Gasteiger partial charge in [0.25, 0.3) is 5.56 Å². The molecule has 0 aliphatic heterocycles. The van der Waals surface area contributed by atoms with Gasteiger partial charge in [-0.15, -0.1) is 5.10 Å². The fourth-order valence-corrected chi connectivity index (χ4v) is 3.73. The van der Waals surface area contributed by atoms with Crippen molar-refractivity contribution in [3.05, 3.63) is 63.2 Å². The average Bonchev–Trinajstić information content (AvgIpc) is 3.29. The molecule has 0 atom stereocenters. The molecule has 0 spiro atoms. The van der Waals surface area contributed by atoms with Crippen molar-refractivity contribution in [2.24, 2.45) is 0 Å². The maximum absolute atomic E-state index is 12.7. The van der Waals surface area contributed by atoms with Crippen LogP contribution in [0.2, 0.25) is 0 Å². The largest absolute Gasteiger partial charge is 0.493 e. The van der Waals surface area contributed by atoms with Crippen LogP contribution in [0.25, 0.3) is 22.4 Å². The van der Waals surface area contributed by atoms with Gasteiger partial charge in [-0.25, -0.2) is 0 Å². The molecule has 0 unspecified atom stereocenters. The number of ether oxygens (including phenoxy) is 2. The number of benzene rings is 1. The first-order valence-corrected chi connectivity index (χ1v) is 10.1. The van der Waals surface area contributed by atoms with E-state index in [1.165, 1.54) is 15.9 Å². The molecule has 3 aromatic heterocycles. The minimum atomic E-state index is -0.199. The Morgan fingerprint density at radius 2 is 2.14 bits per heavy atom. The summed E-state index contributed by atoms with van der Waals surface area (Å²) >= 11 is 1.30. The summed E-state index contributed by atoms with van der Waals surface area (Å²) in [4.78, 5) is 21.8. The fraction of sp³-hybridized carbons (Fsp3) is 0.238. The van der Waals surface area contributed by atoms with E-state index in [1.54, 1.807) is 19.5 Å². The molecule has 0 bridgehead atoms. The Hall–Kier alpha value is -3.26. The molecular formula is C21H20N4O3S. The van der Waals surface area contributed by atoms with Crippen LogP contribution < -0.4 is 19.6 Å². The summed E-state index contributed by atoms with van der Waals surface area (Å²) in [7, 11) is 1.61. The van der Waals surface area contributed by atoms with Gasteiger partial charge in [-0.2, -0.15) is 9.50 Å². The first kappa shape index (κ1) is 19.1. The van der Waals surface area contributed by atoms with Gasteiger partial charge in [0, 0.05) is 18.0 Å². The van der Waals surface area contributed by atoms with Crippen molar-refractivity contribution in [2.45, 2.75) is 19.8 Å².